The van der Waals surface area contributed by atoms with Crippen LogP contribution < -0.4 is 10.2 Å². The molecule has 1 aliphatic carbocycles. The van der Waals surface area contributed by atoms with Crippen LogP contribution in [0.5, 0.6) is 0 Å². The maximum Gasteiger partial charge on any atom is 0.309 e. The molecule has 0 aromatic heterocycles. The Bertz CT molecular complexity index is 805. The predicted octanol–water partition coefficient (Wildman–Crippen LogP) is 1.14. The zero-order chi connectivity index (χ0) is 19.6. The van der Waals surface area contributed by atoms with Crippen molar-refractivity contribution in [2.45, 2.75) is 18.2 Å². The van der Waals surface area contributed by atoms with E-state index < -0.39 is 22.5 Å². The third kappa shape index (κ3) is 4.53. The Kier molecular flexibility index (Phi) is 5.92. The second-order valence-corrected chi connectivity index (χ2v) is 8.99. The molecule has 1 aromatic carbocycles. The lowest BCUT2D eigenvalue weighted by Gasteiger charge is -2.20. The fraction of sp³-hybridized carbons (Fsp3) is 0.529. The van der Waals surface area contributed by atoms with Crippen LogP contribution in [0.25, 0.3) is 0 Å². The minimum Gasteiger partial charge on any atom is -0.455 e. The van der Waals surface area contributed by atoms with E-state index in [0.717, 1.165) is 10.7 Å². The molecule has 26 heavy (non-hydrogen) atoms. The fourth-order valence-electron chi connectivity index (χ4n) is 2.46. The van der Waals surface area contributed by atoms with Crippen molar-refractivity contribution in [1.29, 1.82) is 0 Å². The summed E-state index contributed by atoms with van der Waals surface area (Å²) in [6, 6.07) is 4.49. The molecule has 2 rings (SSSR count). The Labute approximate surface area is 154 Å². The van der Waals surface area contributed by atoms with Crippen molar-refractivity contribution >= 4 is 33.3 Å². The number of hydrogen-bond donors (Lipinski definition) is 1. The average Bonchev–Trinajstić information content (AvgIpc) is 3.29. The molecule has 0 radical (unpaired) electrons. The number of esters is 1. The number of nitrogens with zero attached hydrogens (tertiary/aromatic N) is 2. The van der Waals surface area contributed by atoms with Gasteiger partial charge >= 0.3 is 5.97 Å². The number of anilines is 2. The van der Waals surface area contributed by atoms with Gasteiger partial charge in [0, 0.05) is 28.2 Å². The van der Waals surface area contributed by atoms with Gasteiger partial charge in [0.25, 0.3) is 5.91 Å². The van der Waals surface area contributed by atoms with E-state index in [1.54, 1.807) is 25.1 Å². The van der Waals surface area contributed by atoms with Crippen LogP contribution in [0, 0.1) is 11.8 Å². The maximum atomic E-state index is 12.3. The number of rotatable bonds is 7. The first-order valence-corrected chi connectivity index (χ1v) is 9.68. The summed E-state index contributed by atoms with van der Waals surface area (Å²) in [6.45, 7) is 1.55. The van der Waals surface area contributed by atoms with Gasteiger partial charge in [-0.05, 0) is 30.5 Å². The standard InChI is InChI=1S/C17H25N3O5S/c1-11-8-13(11)17(22)25-10-16(21)18-14-9-12(26(23,24)20(4)5)6-7-15(14)19(2)3/h6-7,9,11,13H,8,10H2,1-5H3,(H,18,21)/t11-,13-/m0/s1. The Morgan fingerprint density at radius 3 is 2.35 bits per heavy atom. The van der Waals surface area contributed by atoms with E-state index in [-0.39, 0.29) is 16.8 Å². The van der Waals surface area contributed by atoms with Crippen molar-refractivity contribution in [3.8, 4) is 0 Å². The van der Waals surface area contributed by atoms with Crippen molar-refractivity contribution in [2.24, 2.45) is 11.8 Å². The summed E-state index contributed by atoms with van der Waals surface area (Å²) < 4.78 is 30.7. The highest BCUT2D eigenvalue weighted by Crippen LogP contribution is 2.38. The lowest BCUT2D eigenvalue weighted by atomic mass is 10.2. The molecule has 8 nitrogen and oxygen atoms in total. The number of amides is 1. The Morgan fingerprint density at radius 1 is 1.23 bits per heavy atom. The second kappa shape index (κ2) is 7.63. The summed E-state index contributed by atoms with van der Waals surface area (Å²) in [5.74, 6) is -0.703. The van der Waals surface area contributed by atoms with Crippen LogP contribution >= 0.6 is 0 Å². The summed E-state index contributed by atoms with van der Waals surface area (Å²) in [5.41, 5.74) is 0.969. The van der Waals surface area contributed by atoms with Gasteiger partial charge in [-0.2, -0.15) is 0 Å². The largest absolute Gasteiger partial charge is 0.455 e. The number of sulfonamides is 1. The van der Waals surface area contributed by atoms with E-state index in [9.17, 15) is 18.0 Å². The van der Waals surface area contributed by atoms with E-state index in [1.165, 1.54) is 26.2 Å². The van der Waals surface area contributed by atoms with Gasteiger partial charge in [-0.3, -0.25) is 9.59 Å². The van der Waals surface area contributed by atoms with Gasteiger partial charge in [-0.1, -0.05) is 6.92 Å². The molecular formula is C17H25N3O5S. The molecule has 0 spiro atoms. The smallest absolute Gasteiger partial charge is 0.309 e. The molecule has 2 atom stereocenters. The maximum absolute atomic E-state index is 12.3. The zero-order valence-electron chi connectivity index (χ0n) is 15.6. The monoisotopic (exact) mass is 383 g/mol. The first-order chi connectivity index (χ1) is 12.0. The summed E-state index contributed by atoms with van der Waals surface area (Å²) in [4.78, 5) is 25.7. The predicted molar refractivity (Wildman–Crippen MR) is 98.5 cm³/mol. The van der Waals surface area contributed by atoms with Gasteiger partial charge in [0.2, 0.25) is 10.0 Å². The van der Waals surface area contributed by atoms with Crippen molar-refractivity contribution < 1.29 is 22.7 Å². The van der Waals surface area contributed by atoms with Crippen molar-refractivity contribution in [3.63, 3.8) is 0 Å². The molecule has 0 aliphatic heterocycles. The van der Waals surface area contributed by atoms with Crippen LogP contribution in [-0.2, 0) is 24.3 Å². The van der Waals surface area contributed by atoms with Crippen molar-refractivity contribution in [3.05, 3.63) is 18.2 Å². The summed E-state index contributed by atoms with van der Waals surface area (Å²) in [7, 11) is 2.79. The van der Waals surface area contributed by atoms with E-state index in [2.05, 4.69) is 5.32 Å². The third-order valence-corrected chi connectivity index (χ3v) is 6.07. The van der Waals surface area contributed by atoms with E-state index in [0.29, 0.717) is 17.3 Å². The molecule has 1 aromatic rings. The second-order valence-electron chi connectivity index (χ2n) is 6.84. The fourth-order valence-corrected chi connectivity index (χ4v) is 3.39. The van der Waals surface area contributed by atoms with Gasteiger partial charge in [-0.25, -0.2) is 12.7 Å². The van der Waals surface area contributed by atoms with Gasteiger partial charge in [0.05, 0.1) is 22.2 Å². The van der Waals surface area contributed by atoms with Gasteiger partial charge < -0.3 is 15.0 Å². The summed E-state index contributed by atoms with van der Waals surface area (Å²) in [5, 5.41) is 2.63. The lowest BCUT2D eigenvalue weighted by Crippen LogP contribution is -2.25. The number of carbonyl (C=O) groups excluding carboxylic acids is 2. The minimum atomic E-state index is -3.63. The van der Waals surface area contributed by atoms with Gasteiger partial charge in [0.1, 0.15) is 0 Å². The first-order valence-electron chi connectivity index (χ1n) is 8.24. The lowest BCUT2D eigenvalue weighted by molar-refractivity contribution is -0.148. The van der Waals surface area contributed by atoms with Crippen molar-refractivity contribution in [1.82, 2.24) is 4.31 Å². The van der Waals surface area contributed by atoms with E-state index >= 15 is 0 Å². The van der Waals surface area contributed by atoms with Crippen molar-refractivity contribution in [2.75, 3.05) is 45.0 Å². The molecule has 0 bridgehead atoms. The molecule has 0 unspecified atom stereocenters. The number of nitrogens with one attached hydrogen (secondary N) is 1. The molecule has 1 aliphatic rings. The molecular weight excluding hydrogens is 358 g/mol. The Hall–Kier alpha value is -2.13. The zero-order valence-corrected chi connectivity index (χ0v) is 16.5. The average molecular weight is 383 g/mol. The first kappa shape index (κ1) is 20.2. The van der Waals surface area contributed by atoms with Crippen LogP contribution in [0.2, 0.25) is 0 Å². The molecule has 0 saturated heterocycles. The number of ether oxygens (including phenoxy) is 1. The summed E-state index contributed by atoms with van der Waals surface area (Å²) >= 11 is 0. The van der Waals surface area contributed by atoms with E-state index in [4.69, 9.17) is 4.74 Å². The van der Waals surface area contributed by atoms with Gasteiger partial charge in [0.15, 0.2) is 6.61 Å². The Balaban J connectivity index is 2.15. The Morgan fingerprint density at radius 2 is 1.85 bits per heavy atom. The highest BCUT2D eigenvalue weighted by atomic mass is 32.2. The third-order valence-electron chi connectivity index (χ3n) is 4.26. The molecule has 9 heteroatoms. The molecule has 0 heterocycles. The minimum absolute atomic E-state index is 0.0622. The molecule has 1 saturated carbocycles. The molecule has 1 N–H and O–H groups in total. The number of benzene rings is 1. The van der Waals surface area contributed by atoms with Crippen LogP contribution in [0.1, 0.15) is 13.3 Å². The van der Waals surface area contributed by atoms with Crippen LogP contribution in [0.15, 0.2) is 23.1 Å². The quantitative estimate of drug-likeness (QED) is 0.710. The van der Waals surface area contributed by atoms with Crippen LogP contribution in [-0.4, -0.2) is 59.4 Å². The number of carbonyl (C=O) groups is 2. The van der Waals surface area contributed by atoms with Crippen LogP contribution in [0.4, 0.5) is 11.4 Å². The highest BCUT2D eigenvalue weighted by Gasteiger charge is 2.40. The SMILES string of the molecule is C[C@H]1C[C@@H]1C(=O)OCC(=O)Nc1cc(S(=O)(=O)N(C)C)ccc1N(C)C. The molecule has 1 amide bonds. The normalized spacial score (nSPS) is 19.2. The summed E-state index contributed by atoms with van der Waals surface area (Å²) in [6.07, 6.45) is 0.787. The van der Waals surface area contributed by atoms with Crippen LogP contribution in [0.3, 0.4) is 0 Å². The topological polar surface area (TPSA) is 96.0 Å². The highest BCUT2D eigenvalue weighted by molar-refractivity contribution is 7.89. The molecule has 1 fully saturated rings. The van der Waals surface area contributed by atoms with E-state index in [1.807, 2.05) is 6.92 Å². The van der Waals surface area contributed by atoms with Gasteiger partial charge in [-0.15, -0.1) is 0 Å². The number of hydrogen-bond acceptors (Lipinski definition) is 6. The molecule has 144 valence electrons.